The van der Waals surface area contributed by atoms with E-state index in [0.717, 1.165) is 4.47 Å². The summed E-state index contributed by atoms with van der Waals surface area (Å²) in [5.74, 6) is -0.706. The number of rotatable bonds is 3. The van der Waals surface area contributed by atoms with Crippen LogP contribution in [0.25, 0.3) is 5.03 Å². The highest BCUT2D eigenvalue weighted by molar-refractivity contribution is 9.10. The maximum Gasteiger partial charge on any atom is 0.350 e. The van der Waals surface area contributed by atoms with Crippen LogP contribution in [0.1, 0.15) is 12.5 Å². The van der Waals surface area contributed by atoms with Gasteiger partial charge in [0.25, 0.3) is 0 Å². The maximum atomic E-state index is 11.5. The number of nitriles is 1. The van der Waals surface area contributed by atoms with E-state index in [-0.39, 0.29) is 17.2 Å². The molecule has 0 amide bonds. The van der Waals surface area contributed by atoms with Crippen LogP contribution < -0.4 is 0 Å². The van der Waals surface area contributed by atoms with Crippen molar-refractivity contribution >= 4 is 38.5 Å². The first-order chi connectivity index (χ1) is 8.10. The summed E-state index contributed by atoms with van der Waals surface area (Å²) in [5.41, 5.74) is 0.412. The van der Waals surface area contributed by atoms with E-state index in [9.17, 15) is 4.79 Å². The van der Waals surface area contributed by atoms with E-state index in [1.165, 1.54) is 0 Å². The molecule has 88 valence electrons. The summed E-state index contributed by atoms with van der Waals surface area (Å²) in [6.45, 7) is 1.87. The van der Waals surface area contributed by atoms with Gasteiger partial charge in [0.1, 0.15) is 6.07 Å². The van der Waals surface area contributed by atoms with Gasteiger partial charge in [-0.1, -0.05) is 39.7 Å². The SMILES string of the molecule is CCOC(=O)/C(C#N)=C(\Cl)c1ccc(Br)cc1. The van der Waals surface area contributed by atoms with Gasteiger partial charge in [-0.25, -0.2) is 4.79 Å². The zero-order valence-electron chi connectivity index (χ0n) is 9.04. The molecule has 0 fully saturated rings. The lowest BCUT2D eigenvalue weighted by molar-refractivity contribution is -0.137. The van der Waals surface area contributed by atoms with E-state index in [0.29, 0.717) is 5.56 Å². The highest BCUT2D eigenvalue weighted by atomic mass is 79.9. The summed E-state index contributed by atoms with van der Waals surface area (Å²) in [7, 11) is 0. The fourth-order valence-electron chi connectivity index (χ4n) is 1.13. The number of nitrogens with zero attached hydrogens (tertiary/aromatic N) is 1. The largest absolute Gasteiger partial charge is 0.462 e. The minimum Gasteiger partial charge on any atom is -0.462 e. The number of carbonyl (C=O) groups excluding carboxylic acids is 1. The fourth-order valence-corrected chi connectivity index (χ4v) is 1.64. The van der Waals surface area contributed by atoms with Crippen molar-refractivity contribution in [3.63, 3.8) is 0 Å². The van der Waals surface area contributed by atoms with Crippen molar-refractivity contribution in [1.29, 1.82) is 5.26 Å². The van der Waals surface area contributed by atoms with Crippen LogP contribution in [-0.2, 0) is 9.53 Å². The molecule has 0 aliphatic rings. The summed E-state index contributed by atoms with van der Waals surface area (Å²) in [4.78, 5) is 11.5. The number of ether oxygens (including phenoxy) is 1. The van der Waals surface area contributed by atoms with E-state index >= 15 is 0 Å². The smallest absolute Gasteiger partial charge is 0.350 e. The van der Waals surface area contributed by atoms with E-state index in [4.69, 9.17) is 21.6 Å². The highest BCUT2D eigenvalue weighted by Gasteiger charge is 2.16. The highest BCUT2D eigenvalue weighted by Crippen LogP contribution is 2.25. The summed E-state index contributed by atoms with van der Waals surface area (Å²) in [5, 5.41) is 9.00. The lowest BCUT2D eigenvalue weighted by Crippen LogP contribution is -2.07. The predicted octanol–water partition coefficient (Wildman–Crippen LogP) is 3.49. The second kappa shape index (κ2) is 6.43. The van der Waals surface area contributed by atoms with Gasteiger partial charge in [-0.05, 0) is 24.6 Å². The molecule has 0 unspecified atom stereocenters. The molecule has 0 atom stereocenters. The summed E-state index contributed by atoms with van der Waals surface area (Å²) >= 11 is 9.28. The molecule has 0 N–H and O–H groups in total. The summed E-state index contributed by atoms with van der Waals surface area (Å²) < 4.78 is 5.64. The third-order valence-electron chi connectivity index (χ3n) is 1.91. The Hall–Kier alpha value is -1.31. The number of esters is 1. The zero-order valence-corrected chi connectivity index (χ0v) is 11.4. The Bertz CT molecular complexity index is 488. The number of halogens is 2. The van der Waals surface area contributed by atoms with Crippen LogP contribution in [-0.4, -0.2) is 12.6 Å². The van der Waals surface area contributed by atoms with Gasteiger partial charge in [0.05, 0.1) is 11.6 Å². The molecular formula is C12H9BrClNO2. The Labute approximate surface area is 113 Å². The van der Waals surface area contributed by atoms with Crippen LogP contribution in [0.15, 0.2) is 34.3 Å². The molecule has 0 aromatic heterocycles. The number of benzene rings is 1. The first-order valence-electron chi connectivity index (χ1n) is 4.83. The molecule has 1 rings (SSSR count). The van der Waals surface area contributed by atoms with Crippen molar-refractivity contribution in [2.75, 3.05) is 6.61 Å². The molecule has 1 aromatic carbocycles. The van der Waals surface area contributed by atoms with Gasteiger partial charge in [0.15, 0.2) is 5.57 Å². The topological polar surface area (TPSA) is 50.1 Å². The fraction of sp³-hybridized carbons (Fsp3) is 0.167. The van der Waals surface area contributed by atoms with Gasteiger partial charge < -0.3 is 4.74 Å². The molecule has 17 heavy (non-hydrogen) atoms. The number of hydrogen-bond donors (Lipinski definition) is 0. The van der Waals surface area contributed by atoms with Crippen molar-refractivity contribution in [1.82, 2.24) is 0 Å². The monoisotopic (exact) mass is 313 g/mol. The van der Waals surface area contributed by atoms with Crippen molar-refractivity contribution < 1.29 is 9.53 Å². The van der Waals surface area contributed by atoms with Crippen LogP contribution in [0, 0.1) is 11.3 Å². The first-order valence-corrected chi connectivity index (χ1v) is 6.00. The normalized spacial score (nSPS) is 11.4. The third-order valence-corrected chi connectivity index (χ3v) is 2.84. The lowest BCUT2D eigenvalue weighted by Gasteiger charge is -2.04. The third kappa shape index (κ3) is 3.58. The van der Waals surface area contributed by atoms with E-state index < -0.39 is 5.97 Å². The van der Waals surface area contributed by atoms with E-state index in [1.54, 1.807) is 37.3 Å². The average molecular weight is 315 g/mol. The predicted molar refractivity (Wildman–Crippen MR) is 69.2 cm³/mol. The molecule has 0 saturated heterocycles. The lowest BCUT2D eigenvalue weighted by atomic mass is 10.1. The Morgan fingerprint density at radius 3 is 2.53 bits per heavy atom. The Kier molecular flexibility index (Phi) is 5.20. The van der Waals surface area contributed by atoms with Gasteiger partial charge in [0.2, 0.25) is 0 Å². The van der Waals surface area contributed by atoms with Gasteiger partial charge in [-0.15, -0.1) is 0 Å². The van der Waals surface area contributed by atoms with Crippen molar-refractivity contribution in [2.24, 2.45) is 0 Å². The quantitative estimate of drug-likeness (QED) is 0.487. The van der Waals surface area contributed by atoms with Gasteiger partial charge in [-0.3, -0.25) is 0 Å². The van der Waals surface area contributed by atoms with Crippen LogP contribution in [0.3, 0.4) is 0 Å². The second-order valence-corrected chi connectivity index (χ2v) is 4.32. The summed E-state index contributed by atoms with van der Waals surface area (Å²) in [6.07, 6.45) is 0. The maximum absolute atomic E-state index is 11.5. The zero-order chi connectivity index (χ0) is 12.8. The van der Waals surface area contributed by atoms with Crippen LogP contribution in [0.2, 0.25) is 0 Å². The molecule has 0 saturated carbocycles. The van der Waals surface area contributed by atoms with Crippen molar-refractivity contribution in [3.05, 3.63) is 39.9 Å². The first kappa shape index (κ1) is 13.8. The van der Waals surface area contributed by atoms with Crippen molar-refractivity contribution in [3.8, 4) is 6.07 Å². The van der Waals surface area contributed by atoms with E-state index in [2.05, 4.69) is 15.9 Å². The second-order valence-electron chi connectivity index (χ2n) is 3.03. The minimum absolute atomic E-state index is 0.0958. The molecule has 5 heteroatoms. The molecule has 0 bridgehead atoms. The average Bonchev–Trinajstić information content (AvgIpc) is 2.31. The van der Waals surface area contributed by atoms with Crippen LogP contribution >= 0.6 is 27.5 Å². The van der Waals surface area contributed by atoms with Crippen molar-refractivity contribution in [2.45, 2.75) is 6.92 Å². The number of hydrogen-bond acceptors (Lipinski definition) is 3. The molecule has 0 aliphatic carbocycles. The Morgan fingerprint density at radius 2 is 2.06 bits per heavy atom. The van der Waals surface area contributed by atoms with E-state index in [1.807, 2.05) is 0 Å². The standard InChI is InChI=1S/C12H9BrClNO2/c1-2-17-12(16)10(7-15)11(14)8-3-5-9(13)6-4-8/h3-6H,2H2,1H3/b11-10-. The Morgan fingerprint density at radius 1 is 1.47 bits per heavy atom. The molecule has 0 spiro atoms. The molecular weight excluding hydrogens is 305 g/mol. The Balaban J connectivity index is 3.13. The molecule has 1 aromatic rings. The molecule has 0 heterocycles. The van der Waals surface area contributed by atoms with Crippen LogP contribution in [0.5, 0.6) is 0 Å². The number of carbonyl (C=O) groups is 1. The molecule has 3 nitrogen and oxygen atoms in total. The molecule has 0 radical (unpaired) electrons. The minimum atomic E-state index is -0.706. The molecule has 0 aliphatic heterocycles. The van der Waals surface area contributed by atoms with Gasteiger partial charge in [-0.2, -0.15) is 5.26 Å². The summed E-state index contributed by atoms with van der Waals surface area (Å²) in [6, 6.07) is 8.73. The van der Waals surface area contributed by atoms with Gasteiger partial charge in [0, 0.05) is 4.47 Å². The van der Waals surface area contributed by atoms with Crippen LogP contribution in [0.4, 0.5) is 0 Å². The van der Waals surface area contributed by atoms with Gasteiger partial charge >= 0.3 is 5.97 Å².